The maximum atomic E-state index is 11.9. The van der Waals surface area contributed by atoms with Gasteiger partial charge in [-0.2, -0.15) is 0 Å². The van der Waals surface area contributed by atoms with Crippen molar-refractivity contribution < 1.29 is 4.74 Å². The summed E-state index contributed by atoms with van der Waals surface area (Å²) in [5.41, 5.74) is 3.40. The molecule has 122 valence electrons. The number of piperazine rings is 1. The van der Waals surface area contributed by atoms with E-state index in [1.807, 2.05) is 11.8 Å². The molecule has 3 rings (SSSR count). The van der Waals surface area contributed by atoms with Crippen LogP contribution in [0.4, 0.5) is 11.4 Å². The SMILES string of the molecule is CCOc1c(N2CCN(c3cccc(C)c3C)CC2)c(=O)c1=O. The molecule has 0 N–H and O–H groups in total. The van der Waals surface area contributed by atoms with Crippen molar-refractivity contribution in [2.45, 2.75) is 20.8 Å². The Kier molecular flexibility index (Phi) is 4.11. The first-order valence-corrected chi connectivity index (χ1v) is 8.06. The highest BCUT2D eigenvalue weighted by Crippen LogP contribution is 2.27. The molecule has 5 heteroatoms. The number of ether oxygens (including phenoxy) is 1. The summed E-state index contributed by atoms with van der Waals surface area (Å²) in [4.78, 5) is 27.8. The molecule has 0 atom stereocenters. The van der Waals surface area contributed by atoms with Crippen molar-refractivity contribution in [3.8, 4) is 5.75 Å². The lowest BCUT2D eigenvalue weighted by Crippen LogP contribution is -2.51. The molecule has 0 unspecified atom stereocenters. The summed E-state index contributed by atoms with van der Waals surface area (Å²) in [7, 11) is 0. The Morgan fingerprint density at radius 2 is 1.65 bits per heavy atom. The molecule has 1 saturated heterocycles. The summed E-state index contributed by atoms with van der Waals surface area (Å²) in [5.74, 6) is 0.248. The van der Waals surface area contributed by atoms with Gasteiger partial charge in [-0.3, -0.25) is 9.59 Å². The fourth-order valence-electron chi connectivity index (χ4n) is 3.17. The zero-order chi connectivity index (χ0) is 16.6. The lowest BCUT2D eigenvalue weighted by atomic mass is 10.1. The van der Waals surface area contributed by atoms with Crippen molar-refractivity contribution in [2.24, 2.45) is 0 Å². The van der Waals surface area contributed by atoms with Crippen LogP contribution in [-0.2, 0) is 0 Å². The van der Waals surface area contributed by atoms with Crippen LogP contribution >= 0.6 is 0 Å². The molecule has 0 saturated carbocycles. The number of nitrogens with zero attached hydrogens (tertiary/aromatic N) is 2. The van der Waals surface area contributed by atoms with Crippen molar-refractivity contribution >= 4 is 11.4 Å². The van der Waals surface area contributed by atoms with Gasteiger partial charge >= 0.3 is 0 Å². The molecular weight excluding hydrogens is 292 g/mol. The molecule has 1 aliphatic rings. The Labute approximate surface area is 135 Å². The van der Waals surface area contributed by atoms with Gasteiger partial charge in [-0.1, -0.05) is 12.1 Å². The quantitative estimate of drug-likeness (QED) is 0.803. The number of hydrogen-bond acceptors (Lipinski definition) is 5. The monoisotopic (exact) mass is 314 g/mol. The molecule has 2 aromatic rings. The Morgan fingerprint density at radius 1 is 1.00 bits per heavy atom. The van der Waals surface area contributed by atoms with Gasteiger partial charge in [-0.05, 0) is 38.0 Å². The summed E-state index contributed by atoms with van der Waals surface area (Å²) >= 11 is 0. The average molecular weight is 314 g/mol. The average Bonchev–Trinajstić information content (AvgIpc) is 2.57. The van der Waals surface area contributed by atoms with Crippen molar-refractivity contribution in [1.29, 1.82) is 0 Å². The molecule has 2 aromatic carbocycles. The highest BCUT2D eigenvalue weighted by atomic mass is 16.5. The Bertz CT molecular complexity index is 782. The third-order valence-electron chi connectivity index (χ3n) is 4.64. The Hall–Kier alpha value is -2.30. The van der Waals surface area contributed by atoms with Gasteiger partial charge in [0.1, 0.15) is 5.69 Å². The van der Waals surface area contributed by atoms with Crippen molar-refractivity contribution in [3.05, 3.63) is 49.8 Å². The number of hydrogen-bond donors (Lipinski definition) is 0. The highest BCUT2D eigenvalue weighted by Gasteiger charge is 2.29. The molecule has 0 amide bonds. The largest absolute Gasteiger partial charge is 0.488 e. The lowest BCUT2D eigenvalue weighted by Gasteiger charge is -2.38. The first-order chi connectivity index (χ1) is 11.0. The van der Waals surface area contributed by atoms with Crippen LogP contribution < -0.4 is 25.4 Å². The van der Waals surface area contributed by atoms with Crippen LogP contribution in [0.5, 0.6) is 5.75 Å². The van der Waals surface area contributed by atoms with E-state index < -0.39 is 10.9 Å². The standard InChI is InChI=1S/C18H22N2O3/c1-4-23-18-15(16(21)17(18)22)20-10-8-19(9-11-20)14-7-5-6-12(2)13(14)3/h5-7H,4,8-11H2,1-3H3. The van der Waals surface area contributed by atoms with Crippen molar-refractivity contribution in [2.75, 3.05) is 42.6 Å². The molecule has 0 bridgehead atoms. The highest BCUT2D eigenvalue weighted by molar-refractivity contribution is 5.65. The van der Waals surface area contributed by atoms with Crippen molar-refractivity contribution in [3.63, 3.8) is 0 Å². The van der Waals surface area contributed by atoms with E-state index in [-0.39, 0.29) is 5.75 Å². The van der Waals surface area contributed by atoms with E-state index in [2.05, 4.69) is 36.9 Å². The second-order valence-electron chi connectivity index (χ2n) is 5.96. The summed E-state index contributed by atoms with van der Waals surface area (Å²) in [5, 5.41) is 0. The van der Waals surface area contributed by atoms with E-state index in [1.54, 1.807) is 0 Å². The third-order valence-corrected chi connectivity index (χ3v) is 4.64. The molecule has 0 radical (unpaired) electrons. The van der Waals surface area contributed by atoms with Crippen LogP contribution in [0.1, 0.15) is 18.1 Å². The summed E-state index contributed by atoms with van der Waals surface area (Å²) in [6.07, 6.45) is 0. The predicted molar refractivity (Wildman–Crippen MR) is 92.9 cm³/mol. The summed E-state index contributed by atoms with van der Waals surface area (Å²) in [6, 6.07) is 6.34. The molecule has 0 aliphatic carbocycles. The van der Waals surface area contributed by atoms with Gasteiger partial charge in [-0.25, -0.2) is 0 Å². The van der Waals surface area contributed by atoms with E-state index in [9.17, 15) is 9.59 Å². The van der Waals surface area contributed by atoms with Gasteiger partial charge in [0.15, 0.2) is 5.75 Å². The number of benzene rings is 1. The van der Waals surface area contributed by atoms with Gasteiger partial charge in [0.2, 0.25) is 0 Å². The molecule has 1 heterocycles. The third kappa shape index (κ3) is 2.60. The zero-order valence-corrected chi connectivity index (χ0v) is 13.9. The Morgan fingerprint density at radius 3 is 2.30 bits per heavy atom. The molecular formula is C18H22N2O3. The topological polar surface area (TPSA) is 49.9 Å². The molecule has 23 heavy (non-hydrogen) atoms. The van der Waals surface area contributed by atoms with Gasteiger partial charge in [0.25, 0.3) is 10.9 Å². The van der Waals surface area contributed by atoms with E-state index in [0.29, 0.717) is 12.3 Å². The van der Waals surface area contributed by atoms with E-state index in [1.165, 1.54) is 16.8 Å². The number of aryl methyl sites for hydroxylation is 1. The molecule has 0 spiro atoms. The first-order valence-electron chi connectivity index (χ1n) is 8.06. The molecule has 1 fully saturated rings. The Balaban J connectivity index is 1.74. The van der Waals surface area contributed by atoms with Crippen LogP contribution in [0.3, 0.4) is 0 Å². The predicted octanol–water partition coefficient (Wildman–Crippen LogP) is 1.62. The fourth-order valence-corrected chi connectivity index (χ4v) is 3.17. The maximum absolute atomic E-state index is 11.9. The summed E-state index contributed by atoms with van der Waals surface area (Å²) in [6.45, 7) is 9.58. The van der Waals surface area contributed by atoms with Crippen LogP contribution in [0.2, 0.25) is 0 Å². The minimum Gasteiger partial charge on any atom is -0.488 e. The van der Waals surface area contributed by atoms with Gasteiger partial charge in [-0.15, -0.1) is 0 Å². The van der Waals surface area contributed by atoms with Crippen LogP contribution in [0, 0.1) is 13.8 Å². The normalized spacial score (nSPS) is 15.3. The second-order valence-corrected chi connectivity index (χ2v) is 5.96. The minimum atomic E-state index is -0.487. The van der Waals surface area contributed by atoms with Crippen molar-refractivity contribution in [1.82, 2.24) is 0 Å². The number of rotatable bonds is 4. The van der Waals surface area contributed by atoms with Crippen LogP contribution in [0.25, 0.3) is 0 Å². The first kappa shape index (κ1) is 15.6. The van der Waals surface area contributed by atoms with Gasteiger partial charge in [0, 0.05) is 31.9 Å². The maximum Gasteiger partial charge on any atom is 0.272 e. The van der Waals surface area contributed by atoms with Gasteiger partial charge in [0.05, 0.1) is 6.61 Å². The van der Waals surface area contributed by atoms with E-state index in [0.717, 1.165) is 26.2 Å². The van der Waals surface area contributed by atoms with Crippen LogP contribution in [0.15, 0.2) is 27.8 Å². The fraction of sp³-hybridized carbons (Fsp3) is 0.444. The summed E-state index contributed by atoms with van der Waals surface area (Å²) < 4.78 is 5.33. The number of anilines is 2. The van der Waals surface area contributed by atoms with E-state index in [4.69, 9.17) is 4.74 Å². The van der Waals surface area contributed by atoms with Crippen LogP contribution in [-0.4, -0.2) is 32.8 Å². The minimum absolute atomic E-state index is 0.248. The molecule has 1 aliphatic heterocycles. The molecule has 0 aromatic heterocycles. The molecule has 5 nitrogen and oxygen atoms in total. The van der Waals surface area contributed by atoms with E-state index >= 15 is 0 Å². The lowest BCUT2D eigenvalue weighted by molar-refractivity contribution is 0.332. The zero-order valence-electron chi connectivity index (χ0n) is 13.9. The van der Waals surface area contributed by atoms with Gasteiger partial charge < -0.3 is 14.5 Å². The second kappa shape index (κ2) is 6.07. The smallest absolute Gasteiger partial charge is 0.272 e.